The predicted molar refractivity (Wildman–Crippen MR) is 140 cm³/mol. The first-order chi connectivity index (χ1) is 18.6. The quantitative estimate of drug-likeness (QED) is 0.187. The molecule has 1 aliphatic heterocycles. The molecule has 3 aromatic rings. The number of carboxylic acids is 1. The summed E-state index contributed by atoms with van der Waals surface area (Å²) < 4.78 is 25.3. The second kappa shape index (κ2) is 14.3. The second-order valence-electron chi connectivity index (χ2n) is 9.01. The summed E-state index contributed by atoms with van der Waals surface area (Å²) in [5, 5.41) is 13.4. The van der Waals surface area contributed by atoms with E-state index in [1.54, 1.807) is 0 Å². The number of benzene rings is 3. The van der Waals surface area contributed by atoms with Crippen LogP contribution in [-0.2, 0) is 43.6 Å². The van der Waals surface area contributed by atoms with Crippen molar-refractivity contribution in [2.45, 2.75) is 56.8 Å². The molecule has 3 aromatic carbocycles. The molecule has 0 spiro atoms. The summed E-state index contributed by atoms with van der Waals surface area (Å²) in [6.07, 6.45) is -4.00. The van der Waals surface area contributed by atoms with Crippen molar-refractivity contribution >= 4 is 5.97 Å². The Kier molecular flexibility index (Phi) is 10.3. The molecule has 0 saturated carbocycles. The van der Waals surface area contributed by atoms with E-state index in [2.05, 4.69) is 10.0 Å². The Balaban J connectivity index is 1.64. The van der Waals surface area contributed by atoms with Crippen LogP contribution in [0.5, 0.6) is 0 Å². The lowest BCUT2D eigenvalue weighted by molar-refractivity contribution is -0.263. The fraction of sp³-hybridized carbons (Fsp3) is 0.345. The van der Waals surface area contributed by atoms with Crippen molar-refractivity contribution in [3.05, 3.63) is 118 Å². The third kappa shape index (κ3) is 7.89. The van der Waals surface area contributed by atoms with Crippen molar-refractivity contribution in [2.75, 3.05) is 6.54 Å². The van der Waals surface area contributed by atoms with Crippen LogP contribution in [0.15, 0.2) is 96.1 Å². The largest absolute Gasteiger partial charge is 0.481 e. The molecule has 1 unspecified atom stereocenters. The molecule has 0 aliphatic carbocycles. The molecule has 0 bridgehead atoms. The van der Waals surface area contributed by atoms with Crippen LogP contribution in [0.1, 0.15) is 23.1 Å². The van der Waals surface area contributed by atoms with Gasteiger partial charge >= 0.3 is 5.97 Å². The van der Waals surface area contributed by atoms with Gasteiger partial charge in [0.05, 0.1) is 45.0 Å². The van der Waals surface area contributed by atoms with E-state index in [0.29, 0.717) is 0 Å². The van der Waals surface area contributed by atoms with Crippen molar-refractivity contribution < 1.29 is 28.8 Å². The molecule has 4 rings (SSSR count). The Bertz CT molecular complexity index is 1120. The summed E-state index contributed by atoms with van der Waals surface area (Å²) in [6, 6.07) is 28.9. The molecule has 1 N–H and O–H groups in total. The molecule has 0 radical (unpaired) electrons. The van der Waals surface area contributed by atoms with Gasteiger partial charge in [0, 0.05) is 4.91 Å². The fourth-order valence-electron chi connectivity index (χ4n) is 4.48. The van der Waals surface area contributed by atoms with Crippen LogP contribution in [0.25, 0.3) is 10.4 Å². The predicted octanol–water partition coefficient (Wildman–Crippen LogP) is 5.30. The Morgan fingerprint density at radius 2 is 1.16 bits per heavy atom. The molecule has 1 heterocycles. The minimum absolute atomic E-state index is 0.0390. The highest BCUT2D eigenvalue weighted by atomic mass is 16.6. The lowest BCUT2D eigenvalue weighted by atomic mass is 9.92. The van der Waals surface area contributed by atoms with Gasteiger partial charge in [-0.15, -0.1) is 0 Å². The van der Waals surface area contributed by atoms with Gasteiger partial charge in [-0.25, -0.2) is 0 Å². The van der Waals surface area contributed by atoms with Gasteiger partial charge in [-0.1, -0.05) is 96.1 Å². The van der Waals surface area contributed by atoms with E-state index >= 15 is 0 Å². The number of rotatable bonds is 13. The van der Waals surface area contributed by atoms with Gasteiger partial charge in [0.1, 0.15) is 18.3 Å². The first-order valence-corrected chi connectivity index (χ1v) is 12.5. The number of nitrogens with zero attached hydrogens (tertiary/aromatic N) is 3. The van der Waals surface area contributed by atoms with Crippen LogP contribution in [0.4, 0.5) is 0 Å². The molecule has 1 fully saturated rings. The van der Waals surface area contributed by atoms with E-state index in [-0.39, 0.29) is 32.8 Å². The molecule has 1 saturated heterocycles. The Morgan fingerprint density at radius 1 is 0.737 bits per heavy atom. The molecule has 5 atom stereocenters. The van der Waals surface area contributed by atoms with Crippen LogP contribution >= 0.6 is 0 Å². The molecule has 0 aromatic heterocycles. The topological polar surface area (TPSA) is 123 Å². The lowest BCUT2D eigenvalue weighted by Crippen LogP contribution is -2.61. The van der Waals surface area contributed by atoms with Crippen molar-refractivity contribution in [1.82, 2.24) is 0 Å². The van der Waals surface area contributed by atoms with Gasteiger partial charge in [0.25, 0.3) is 0 Å². The van der Waals surface area contributed by atoms with Gasteiger partial charge in [-0.05, 0) is 22.2 Å². The summed E-state index contributed by atoms with van der Waals surface area (Å²) in [4.78, 5) is 14.7. The van der Waals surface area contributed by atoms with Gasteiger partial charge in [0.15, 0.2) is 0 Å². The number of carbonyl (C=O) groups is 1. The number of ether oxygens (including phenoxy) is 4. The zero-order valence-electron chi connectivity index (χ0n) is 20.9. The Labute approximate surface area is 221 Å². The van der Waals surface area contributed by atoms with Crippen LogP contribution in [0.2, 0.25) is 0 Å². The van der Waals surface area contributed by atoms with Crippen molar-refractivity contribution in [2.24, 2.45) is 5.11 Å². The van der Waals surface area contributed by atoms with E-state index in [1.165, 1.54) is 0 Å². The molecular formula is C29H31N3O6. The van der Waals surface area contributed by atoms with Crippen molar-refractivity contribution in [1.29, 1.82) is 0 Å². The van der Waals surface area contributed by atoms with Gasteiger partial charge in [0.2, 0.25) is 0 Å². The maximum absolute atomic E-state index is 11.8. The average Bonchev–Trinajstić information content (AvgIpc) is 2.95. The third-order valence-corrected chi connectivity index (χ3v) is 6.29. The smallest absolute Gasteiger partial charge is 0.306 e. The Hall–Kier alpha value is -3.72. The third-order valence-electron chi connectivity index (χ3n) is 6.29. The number of hydrogen-bond donors (Lipinski definition) is 1. The highest BCUT2D eigenvalue weighted by Crippen LogP contribution is 2.32. The molecule has 1 aliphatic rings. The number of carboxylic acid groups (broad SMARTS) is 1. The SMILES string of the molecule is [N-]=[N+]=NC[C@H]1OC(CC(=O)O)[C@H](OCc2ccccc2)[C@@H](OCc2ccccc2)[C@@H]1OCc1ccccc1. The molecular weight excluding hydrogens is 486 g/mol. The zero-order valence-corrected chi connectivity index (χ0v) is 20.9. The first kappa shape index (κ1) is 27.3. The summed E-state index contributed by atoms with van der Waals surface area (Å²) in [6.45, 7) is 0.725. The molecule has 9 heteroatoms. The zero-order chi connectivity index (χ0) is 26.6. The van der Waals surface area contributed by atoms with Crippen LogP contribution in [0.3, 0.4) is 0 Å². The fourth-order valence-corrected chi connectivity index (χ4v) is 4.48. The number of azide groups is 1. The summed E-state index contributed by atoms with van der Waals surface area (Å²) in [7, 11) is 0. The summed E-state index contributed by atoms with van der Waals surface area (Å²) in [5.41, 5.74) is 11.8. The van der Waals surface area contributed by atoms with Gasteiger partial charge in [-0.3, -0.25) is 4.79 Å². The molecule has 0 amide bonds. The molecule has 198 valence electrons. The van der Waals surface area contributed by atoms with Gasteiger partial charge in [-0.2, -0.15) is 0 Å². The van der Waals surface area contributed by atoms with Crippen molar-refractivity contribution in [3.8, 4) is 0 Å². The monoisotopic (exact) mass is 517 g/mol. The number of hydrogen-bond acceptors (Lipinski definition) is 6. The normalized spacial score (nSPS) is 22.9. The van der Waals surface area contributed by atoms with Crippen LogP contribution in [0, 0.1) is 0 Å². The minimum atomic E-state index is -1.03. The lowest BCUT2D eigenvalue weighted by Gasteiger charge is -2.46. The summed E-state index contributed by atoms with van der Waals surface area (Å²) in [5.74, 6) is -1.03. The maximum Gasteiger partial charge on any atom is 0.306 e. The van der Waals surface area contributed by atoms with E-state index in [4.69, 9.17) is 24.5 Å². The Morgan fingerprint density at radius 3 is 1.58 bits per heavy atom. The highest BCUT2D eigenvalue weighted by molar-refractivity contribution is 5.67. The van der Waals surface area contributed by atoms with Gasteiger partial charge < -0.3 is 24.1 Å². The van der Waals surface area contributed by atoms with Crippen LogP contribution < -0.4 is 0 Å². The summed E-state index contributed by atoms with van der Waals surface area (Å²) >= 11 is 0. The average molecular weight is 518 g/mol. The standard InChI is InChI=1S/C29H31N3O6/c30-32-31-17-25-28(36-19-22-12-6-2-7-13-22)29(37-20-23-14-8-3-9-15-23)27(24(38-25)16-26(33)34)35-18-21-10-4-1-5-11-21/h1-15,24-25,27-29H,16-20H2,(H,33,34)/t24?,25-,27+,28-,29-/m1/s1. The maximum atomic E-state index is 11.8. The van der Waals surface area contributed by atoms with Crippen LogP contribution in [-0.4, -0.2) is 48.1 Å². The van der Waals surface area contributed by atoms with E-state index in [1.807, 2.05) is 91.0 Å². The van der Waals surface area contributed by atoms with E-state index in [0.717, 1.165) is 16.7 Å². The molecule has 38 heavy (non-hydrogen) atoms. The number of aliphatic carboxylic acids is 1. The molecule has 9 nitrogen and oxygen atoms in total. The van der Waals surface area contributed by atoms with E-state index in [9.17, 15) is 9.90 Å². The first-order valence-electron chi connectivity index (χ1n) is 12.5. The second-order valence-corrected chi connectivity index (χ2v) is 9.01. The minimum Gasteiger partial charge on any atom is -0.481 e. The highest BCUT2D eigenvalue weighted by Gasteiger charge is 2.48. The van der Waals surface area contributed by atoms with Crippen molar-refractivity contribution in [3.63, 3.8) is 0 Å². The van der Waals surface area contributed by atoms with E-state index < -0.39 is 36.5 Å².